The molecule has 0 spiro atoms. The Labute approximate surface area is 118 Å². The van der Waals surface area contributed by atoms with E-state index in [0.29, 0.717) is 38.2 Å². The lowest BCUT2D eigenvalue weighted by Gasteiger charge is -2.30. The molecular weight excluding hydrogens is 258 g/mol. The van der Waals surface area contributed by atoms with E-state index in [-0.39, 0.29) is 17.8 Å². The molecule has 0 atom stereocenters. The number of nitrogens with zero attached hydrogens (tertiary/aromatic N) is 3. The first-order valence-electron chi connectivity index (χ1n) is 6.88. The van der Waals surface area contributed by atoms with E-state index in [1.807, 2.05) is 6.92 Å². The van der Waals surface area contributed by atoms with Gasteiger partial charge in [0, 0.05) is 13.1 Å². The Hall–Kier alpha value is -1.98. The fourth-order valence-corrected chi connectivity index (χ4v) is 2.25. The quantitative estimate of drug-likeness (QED) is 0.776. The molecule has 0 aliphatic carbocycles. The number of likely N-dealkylation sites (tertiary alicyclic amines) is 1. The summed E-state index contributed by atoms with van der Waals surface area (Å²) in [5, 5.41) is 7.80. The maximum absolute atomic E-state index is 12.2. The predicted octanol–water partition coefficient (Wildman–Crippen LogP) is 1.20. The van der Waals surface area contributed by atoms with Crippen molar-refractivity contribution in [1.29, 1.82) is 0 Å². The summed E-state index contributed by atoms with van der Waals surface area (Å²) in [6.07, 6.45) is 1.29. The molecule has 1 aliphatic rings. The second kappa shape index (κ2) is 6.45. The molecule has 1 fully saturated rings. The summed E-state index contributed by atoms with van der Waals surface area (Å²) in [6, 6.07) is 3.45. The molecule has 0 radical (unpaired) electrons. The monoisotopic (exact) mass is 277 g/mol. The molecule has 1 aromatic heterocycles. The first-order chi connectivity index (χ1) is 9.61. The van der Waals surface area contributed by atoms with Crippen molar-refractivity contribution in [3.63, 3.8) is 0 Å². The molecule has 1 saturated heterocycles. The minimum absolute atomic E-state index is 0.0944. The Balaban J connectivity index is 1.92. The van der Waals surface area contributed by atoms with Crippen molar-refractivity contribution in [2.75, 3.05) is 19.7 Å². The second-order valence-corrected chi connectivity index (χ2v) is 4.88. The third kappa shape index (κ3) is 3.31. The van der Waals surface area contributed by atoms with E-state index in [2.05, 4.69) is 10.2 Å². The highest BCUT2D eigenvalue weighted by molar-refractivity contribution is 5.92. The number of aryl methyl sites for hydroxylation is 1. The van der Waals surface area contributed by atoms with Crippen LogP contribution in [0.1, 0.15) is 35.9 Å². The molecule has 6 nitrogen and oxygen atoms in total. The fourth-order valence-electron chi connectivity index (χ4n) is 2.25. The summed E-state index contributed by atoms with van der Waals surface area (Å²) in [5.41, 5.74) is 1.13. The van der Waals surface area contributed by atoms with Crippen LogP contribution in [-0.2, 0) is 9.53 Å². The average Bonchev–Trinajstić information content (AvgIpc) is 2.48. The highest BCUT2D eigenvalue weighted by atomic mass is 16.5. The minimum atomic E-state index is -0.158. The van der Waals surface area contributed by atoms with Gasteiger partial charge in [0.05, 0.1) is 18.2 Å². The van der Waals surface area contributed by atoms with Gasteiger partial charge in [0.25, 0.3) is 5.91 Å². The molecule has 2 heterocycles. The highest BCUT2D eigenvalue weighted by Gasteiger charge is 2.29. The zero-order chi connectivity index (χ0) is 14.5. The van der Waals surface area contributed by atoms with Crippen molar-refractivity contribution >= 4 is 11.9 Å². The number of hydrogen-bond acceptors (Lipinski definition) is 5. The van der Waals surface area contributed by atoms with Crippen LogP contribution in [0.3, 0.4) is 0 Å². The van der Waals surface area contributed by atoms with Gasteiger partial charge in [-0.05, 0) is 38.8 Å². The lowest BCUT2D eigenvalue weighted by atomic mass is 9.97. The summed E-state index contributed by atoms with van der Waals surface area (Å²) >= 11 is 0. The Morgan fingerprint density at radius 1 is 1.30 bits per heavy atom. The van der Waals surface area contributed by atoms with Gasteiger partial charge in [-0.25, -0.2) is 0 Å². The van der Waals surface area contributed by atoms with Gasteiger partial charge >= 0.3 is 5.97 Å². The Bertz CT molecular complexity index is 479. The molecule has 0 saturated carbocycles. The van der Waals surface area contributed by atoms with E-state index in [4.69, 9.17) is 4.74 Å². The van der Waals surface area contributed by atoms with E-state index in [9.17, 15) is 9.59 Å². The van der Waals surface area contributed by atoms with Crippen molar-refractivity contribution in [2.24, 2.45) is 5.92 Å². The summed E-state index contributed by atoms with van der Waals surface area (Å²) in [6.45, 7) is 5.13. The lowest BCUT2D eigenvalue weighted by molar-refractivity contribution is -0.149. The highest BCUT2D eigenvalue weighted by Crippen LogP contribution is 2.19. The van der Waals surface area contributed by atoms with Crippen LogP contribution in [0.5, 0.6) is 0 Å². The van der Waals surface area contributed by atoms with Gasteiger partial charge in [0.15, 0.2) is 5.69 Å². The molecule has 1 amide bonds. The van der Waals surface area contributed by atoms with Crippen molar-refractivity contribution in [1.82, 2.24) is 15.1 Å². The van der Waals surface area contributed by atoms with Crippen molar-refractivity contribution in [2.45, 2.75) is 26.7 Å². The largest absolute Gasteiger partial charge is 0.466 e. The third-order valence-electron chi connectivity index (χ3n) is 3.42. The van der Waals surface area contributed by atoms with E-state index in [1.165, 1.54) is 0 Å². The van der Waals surface area contributed by atoms with Crippen LogP contribution >= 0.6 is 0 Å². The molecule has 108 valence electrons. The Morgan fingerprint density at radius 3 is 2.55 bits per heavy atom. The van der Waals surface area contributed by atoms with Gasteiger partial charge in [-0.3, -0.25) is 9.59 Å². The predicted molar refractivity (Wildman–Crippen MR) is 72.0 cm³/mol. The first-order valence-corrected chi connectivity index (χ1v) is 6.88. The molecule has 0 unspecified atom stereocenters. The molecule has 0 N–H and O–H groups in total. The second-order valence-electron chi connectivity index (χ2n) is 4.88. The van der Waals surface area contributed by atoms with Crippen LogP contribution in [-0.4, -0.2) is 46.7 Å². The number of hydrogen-bond donors (Lipinski definition) is 0. The number of carbonyl (C=O) groups is 2. The van der Waals surface area contributed by atoms with Crippen LogP contribution in [0.2, 0.25) is 0 Å². The first kappa shape index (κ1) is 14.4. The van der Waals surface area contributed by atoms with Gasteiger partial charge in [-0.15, -0.1) is 5.10 Å². The van der Waals surface area contributed by atoms with E-state index >= 15 is 0 Å². The molecule has 2 rings (SSSR count). The molecule has 0 aromatic carbocycles. The fraction of sp³-hybridized carbons (Fsp3) is 0.571. The lowest BCUT2D eigenvalue weighted by Crippen LogP contribution is -2.41. The minimum Gasteiger partial charge on any atom is -0.466 e. The van der Waals surface area contributed by atoms with Gasteiger partial charge in [-0.1, -0.05) is 0 Å². The molecular formula is C14H19N3O3. The number of esters is 1. The van der Waals surface area contributed by atoms with Crippen LogP contribution in [0.4, 0.5) is 0 Å². The van der Waals surface area contributed by atoms with E-state index in [0.717, 1.165) is 5.69 Å². The zero-order valence-corrected chi connectivity index (χ0v) is 11.8. The number of piperidine rings is 1. The third-order valence-corrected chi connectivity index (χ3v) is 3.42. The number of carbonyl (C=O) groups excluding carboxylic acids is 2. The molecule has 0 bridgehead atoms. The van der Waals surface area contributed by atoms with Gasteiger partial charge in [0.1, 0.15) is 0 Å². The smallest absolute Gasteiger partial charge is 0.309 e. The van der Waals surface area contributed by atoms with Crippen molar-refractivity contribution in [3.05, 3.63) is 23.5 Å². The summed E-state index contributed by atoms with van der Waals surface area (Å²) < 4.78 is 5.01. The van der Waals surface area contributed by atoms with Crippen LogP contribution in [0.25, 0.3) is 0 Å². The Morgan fingerprint density at radius 2 is 2.00 bits per heavy atom. The number of aromatic nitrogens is 2. The maximum Gasteiger partial charge on any atom is 0.309 e. The Kier molecular flexibility index (Phi) is 4.65. The molecule has 1 aliphatic heterocycles. The van der Waals surface area contributed by atoms with E-state index in [1.54, 1.807) is 24.0 Å². The number of ether oxygens (including phenoxy) is 1. The normalized spacial score (nSPS) is 16.0. The maximum atomic E-state index is 12.2. The zero-order valence-electron chi connectivity index (χ0n) is 11.8. The number of amides is 1. The van der Waals surface area contributed by atoms with Gasteiger partial charge in [-0.2, -0.15) is 5.10 Å². The van der Waals surface area contributed by atoms with Gasteiger partial charge in [0.2, 0.25) is 0 Å². The topological polar surface area (TPSA) is 72.4 Å². The summed E-state index contributed by atoms with van der Waals surface area (Å²) in [7, 11) is 0. The molecule has 6 heteroatoms. The van der Waals surface area contributed by atoms with Crippen molar-refractivity contribution in [3.8, 4) is 0 Å². The standard InChI is InChI=1S/C14H19N3O3/c1-3-20-14(19)11-6-8-17(9-7-11)13(18)12-5-4-10(2)15-16-12/h4-5,11H,3,6-9H2,1-2H3. The molecule has 20 heavy (non-hydrogen) atoms. The van der Waals surface area contributed by atoms with E-state index < -0.39 is 0 Å². The summed E-state index contributed by atoms with van der Waals surface area (Å²) in [4.78, 5) is 25.6. The van der Waals surface area contributed by atoms with Crippen LogP contribution in [0, 0.1) is 12.8 Å². The van der Waals surface area contributed by atoms with Crippen molar-refractivity contribution < 1.29 is 14.3 Å². The summed E-state index contributed by atoms with van der Waals surface area (Å²) in [5.74, 6) is -0.377. The van der Waals surface area contributed by atoms with Gasteiger partial charge < -0.3 is 9.64 Å². The van der Waals surface area contributed by atoms with Crippen LogP contribution < -0.4 is 0 Å². The number of rotatable bonds is 3. The van der Waals surface area contributed by atoms with Crippen LogP contribution in [0.15, 0.2) is 12.1 Å². The average molecular weight is 277 g/mol. The SMILES string of the molecule is CCOC(=O)C1CCN(C(=O)c2ccc(C)nn2)CC1. The molecule has 1 aromatic rings.